The minimum Gasteiger partial charge on any atom is -0.497 e. The quantitative estimate of drug-likeness (QED) is 0.804. The summed E-state index contributed by atoms with van der Waals surface area (Å²) in [5.74, 6) is -0.566. The number of hydrogen-bond donors (Lipinski definition) is 2. The zero-order valence-corrected chi connectivity index (χ0v) is 11.9. The van der Waals surface area contributed by atoms with Crippen LogP contribution >= 0.6 is 0 Å². The summed E-state index contributed by atoms with van der Waals surface area (Å²) < 4.78 is 11.4. The Labute approximate surface area is 125 Å². The zero-order chi connectivity index (χ0) is 16.1. The Morgan fingerprint density at radius 2 is 2.09 bits per heavy atom. The van der Waals surface area contributed by atoms with E-state index < -0.39 is 11.9 Å². The predicted octanol–water partition coefficient (Wildman–Crippen LogP) is 0.632. The van der Waals surface area contributed by atoms with Crippen molar-refractivity contribution >= 4 is 17.6 Å². The Balaban J connectivity index is 2.06. The number of carbonyl (C=O) groups is 2. The lowest BCUT2D eigenvalue weighted by atomic mass is 10.2. The van der Waals surface area contributed by atoms with E-state index in [9.17, 15) is 9.59 Å². The number of hydrogen-bond acceptors (Lipinski definition) is 6. The number of anilines is 1. The molecule has 1 heterocycles. The van der Waals surface area contributed by atoms with Gasteiger partial charge < -0.3 is 19.9 Å². The van der Waals surface area contributed by atoms with Crippen LogP contribution in [-0.2, 0) is 11.3 Å². The number of benzene rings is 1. The number of carbonyl (C=O) groups excluding carboxylic acids is 1. The molecule has 0 aliphatic carbocycles. The van der Waals surface area contributed by atoms with Gasteiger partial charge >= 0.3 is 5.97 Å². The minimum atomic E-state index is -1.21. The number of nitrogens with zero attached hydrogens (tertiary/aromatic N) is 3. The molecular formula is C13H14N4O5. The molecular weight excluding hydrogens is 292 g/mol. The van der Waals surface area contributed by atoms with Gasteiger partial charge in [-0.3, -0.25) is 4.79 Å². The van der Waals surface area contributed by atoms with Crippen molar-refractivity contribution in [2.24, 2.45) is 0 Å². The maximum Gasteiger partial charge on any atom is 0.358 e. The molecule has 116 valence electrons. The third kappa shape index (κ3) is 3.51. The van der Waals surface area contributed by atoms with Gasteiger partial charge in [-0.05, 0) is 12.1 Å². The summed E-state index contributed by atoms with van der Waals surface area (Å²) in [7, 11) is 3.00. The van der Waals surface area contributed by atoms with E-state index in [1.165, 1.54) is 20.4 Å². The fourth-order valence-corrected chi connectivity index (χ4v) is 1.71. The van der Waals surface area contributed by atoms with E-state index in [0.717, 1.165) is 4.68 Å². The van der Waals surface area contributed by atoms with Gasteiger partial charge in [0.05, 0.1) is 26.1 Å². The molecule has 2 rings (SSSR count). The van der Waals surface area contributed by atoms with E-state index in [2.05, 4.69) is 15.6 Å². The molecule has 22 heavy (non-hydrogen) atoms. The standard InChI is InChI=1S/C13H14N4O5/c1-21-8-3-4-9(11(5-8)22-2)14-12(18)7-17-6-10(13(19)20)15-16-17/h3-6H,7H2,1-2H3,(H,14,18)(H,19,20). The Bertz CT molecular complexity index is 697. The molecule has 9 heteroatoms. The molecule has 0 fully saturated rings. The van der Waals surface area contributed by atoms with E-state index in [1.54, 1.807) is 18.2 Å². The molecule has 0 atom stereocenters. The maximum atomic E-state index is 11.9. The monoisotopic (exact) mass is 306 g/mol. The van der Waals surface area contributed by atoms with Crippen molar-refractivity contribution in [3.8, 4) is 11.5 Å². The topological polar surface area (TPSA) is 116 Å². The number of carboxylic acids is 1. The van der Waals surface area contributed by atoms with Gasteiger partial charge in [0, 0.05) is 6.07 Å². The Morgan fingerprint density at radius 3 is 2.68 bits per heavy atom. The first-order valence-corrected chi connectivity index (χ1v) is 6.18. The second kappa shape index (κ2) is 6.57. The van der Waals surface area contributed by atoms with Crippen LogP contribution in [0.25, 0.3) is 0 Å². The summed E-state index contributed by atoms with van der Waals surface area (Å²) in [6.07, 6.45) is 1.17. The number of aromatic nitrogens is 3. The highest BCUT2D eigenvalue weighted by atomic mass is 16.5. The van der Waals surface area contributed by atoms with Crippen molar-refractivity contribution in [2.75, 3.05) is 19.5 Å². The molecule has 2 aromatic rings. The van der Waals surface area contributed by atoms with Crippen LogP contribution in [0.2, 0.25) is 0 Å². The van der Waals surface area contributed by atoms with Gasteiger partial charge in [0.25, 0.3) is 0 Å². The SMILES string of the molecule is COc1ccc(NC(=O)Cn2cc(C(=O)O)nn2)c(OC)c1. The first kappa shape index (κ1) is 15.3. The van der Waals surface area contributed by atoms with Gasteiger partial charge in [0.2, 0.25) is 5.91 Å². The molecule has 1 aromatic carbocycles. The third-order valence-electron chi connectivity index (χ3n) is 2.75. The molecule has 1 aromatic heterocycles. The number of aromatic carboxylic acids is 1. The summed E-state index contributed by atoms with van der Waals surface area (Å²) in [6, 6.07) is 4.95. The van der Waals surface area contributed by atoms with Crippen LogP contribution in [0, 0.1) is 0 Å². The molecule has 0 aliphatic rings. The lowest BCUT2D eigenvalue weighted by molar-refractivity contribution is -0.116. The summed E-state index contributed by atoms with van der Waals surface area (Å²) in [4.78, 5) is 22.6. The van der Waals surface area contributed by atoms with Crippen molar-refractivity contribution in [1.29, 1.82) is 0 Å². The Morgan fingerprint density at radius 1 is 1.32 bits per heavy atom. The van der Waals surface area contributed by atoms with Gasteiger partial charge in [0.15, 0.2) is 5.69 Å². The molecule has 9 nitrogen and oxygen atoms in total. The van der Waals surface area contributed by atoms with Crippen molar-refractivity contribution in [3.63, 3.8) is 0 Å². The molecule has 0 radical (unpaired) electrons. The van der Waals surface area contributed by atoms with Crippen molar-refractivity contribution < 1.29 is 24.2 Å². The second-order valence-corrected chi connectivity index (χ2v) is 4.22. The highest BCUT2D eigenvalue weighted by Crippen LogP contribution is 2.28. The van der Waals surface area contributed by atoms with Gasteiger partial charge in [-0.1, -0.05) is 5.21 Å². The van der Waals surface area contributed by atoms with Crippen LogP contribution in [0.4, 0.5) is 5.69 Å². The zero-order valence-electron chi connectivity index (χ0n) is 11.9. The number of amides is 1. The average molecular weight is 306 g/mol. The Kier molecular flexibility index (Phi) is 4.57. The van der Waals surface area contributed by atoms with Crippen LogP contribution in [0.15, 0.2) is 24.4 Å². The largest absolute Gasteiger partial charge is 0.497 e. The van der Waals surface area contributed by atoms with Gasteiger partial charge in [-0.25, -0.2) is 9.48 Å². The van der Waals surface area contributed by atoms with E-state index in [1.807, 2.05) is 0 Å². The van der Waals surface area contributed by atoms with Crippen molar-refractivity contribution in [1.82, 2.24) is 15.0 Å². The van der Waals surface area contributed by atoms with Crippen LogP contribution < -0.4 is 14.8 Å². The molecule has 0 bridgehead atoms. The summed E-state index contributed by atoms with van der Waals surface area (Å²) in [6.45, 7) is -0.171. The van der Waals surface area contributed by atoms with Crippen LogP contribution in [0.5, 0.6) is 11.5 Å². The average Bonchev–Trinajstić information content (AvgIpc) is 2.96. The molecule has 0 saturated carbocycles. The van der Waals surface area contributed by atoms with Crippen molar-refractivity contribution in [2.45, 2.75) is 6.54 Å². The summed E-state index contributed by atoms with van der Waals surface area (Å²) in [5.41, 5.74) is 0.238. The first-order valence-electron chi connectivity index (χ1n) is 6.18. The number of methoxy groups -OCH3 is 2. The smallest absolute Gasteiger partial charge is 0.358 e. The fraction of sp³-hybridized carbons (Fsp3) is 0.231. The lowest BCUT2D eigenvalue weighted by Gasteiger charge is -2.11. The summed E-state index contributed by atoms with van der Waals surface area (Å²) >= 11 is 0. The van der Waals surface area contributed by atoms with E-state index >= 15 is 0 Å². The highest BCUT2D eigenvalue weighted by Gasteiger charge is 2.12. The molecule has 0 unspecified atom stereocenters. The van der Waals surface area contributed by atoms with E-state index in [0.29, 0.717) is 17.2 Å². The Hall–Kier alpha value is -3.10. The van der Waals surface area contributed by atoms with Crippen molar-refractivity contribution in [3.05, 3.63) is 30.1 Å². The summed E-state index contributed by atoms with van der Waals surface area (Å²) in [5, 5.41) is 18.4. The van der Waals surface area contributed by atoms with Crippen LogP contribution in [0.3, 0.4) is 0 Å². The first-order chi connectivity index (χ1) is 10.5. The van der Waals surface area contributed by atoms with E-state index in [4.69, 9.17) is 14.6 Å². The van der Waals surface area contributed by atoms with Gasteiger partial charge in [-0.15, -0.1) is 5.10 Å². The van der Waals surface area contributed by atoms with Gasteiger partial charge in [-0.2, -0.15) is 0 Å². The van der Waals surface area contributed by atoms with Crippen LogP contribution in [-0.4, -0.2) is 46.2 Å². The number of ether oxygens (including phenoxy) is 2. The number of nitrogens with one attached hydrogen (secondary N) is 1. The third-order valence-corrected chi connectivity index (χ3v) is 2.75. The van der Waals surface area contributed by atoms with Crippen LogP contribution in [0.1, 0.15) is 10.5 Å². The molecule has 0 aliphatic heterocycles. The molecule has 1 amide bonds. The predicted molar refractivity (Wildman–Crippen MR) is 75.2 cm³/mol. The highest BCUT2D eigenvalue weighted by molar-refractivity contribution is 5.92. The normalized spacial score (nSPS) is 10.1. The maximum absolute atomic E-state index is 11.9. The van der Waals surface area contributed by atoms with E-state index in [-0.39, 0.29) is 12.2 Å². The lowest BCUT2D eigenvalue weighted by Crippen LogP contribution is -2.19. The second-order valence-electron chi connectivity index (χ2n) is 4.22. The fourth-order valence-electron chi connectivity index (χ4n) is 1.71. The van der Waals surface area contributed by atoms with Gasteiger partial charge in [0.1, 0.15) is 18.0 Å². The molecule has 0 saturated heterocycles. The minimum absolute atomic E-state index is 0.171. The molecule has 2 N–H and O–H groups in total. The molecule has 0 spiro atoms. The number of carboxylic acid groups (broad SMARTS) is 1. The number of rotatable bonds is 6.